The molecule has 90 valence electrons. The summed E-state index contributed by atoms with van der Waals surface area (Å²) < 4.78 is 0. The second-order valence-corrected chi connectivity index (χ2v) is 3.91. The van der Waals surface area contributed by atoms with Crippen molar-refractivity contribution in [3.63, 3.8) is 0 Å². The number of likely N-dealkylation sites (tertiary alicyclic amines) is 1. The van der Waals surface area contributed by atoms with Crippen LogP contribution in [-0.2, 0) is 14.4 Å². The van der Waals surface area contributed by atoms with Crippen LogP contribution in [0.4, 0.5) is 0 Å². The molecule has 0 saturated carbocycles. The third-order valence-corrected chi connectivity index (χ3v) is 2.74. The van der Waals surface area contributed by atoms with E-state index in [-0.39, 0.29) is 24.1 Å². The summed E-state index contributed by atoms with van der Waals surface area (Å²) in [5.74, 6) is -0.924. The summed E-state index contributed by atoms with van der Waals surface area (Å²) in [6.45, 7) is 1.79. The minimum atomic E-state index is -0.618. The third-order valence-electron chi connectivity index (χ3n) is 2.74. The van der Waals surface area contributed by atoms with E-state index in [1.807, 2.05) is 0 Å². The predicted molar refractivity (Wildman–Crippen MR) is 57.2 cm³/mol. The molecule has 1 heterocycles. The van der Waals surface area contributed by atoms with Crippen molar-refractivity contribution >= 4 is 17.7 Å². The Hall–Kier alpha value is -1.43. The second-order valence-electron chi connectivity index (χ2n) is 3.91. The molecular weight excluding hydrogens is 210 g/mol. The zero-order valence-electron chi connectivity index (χ0n) is 9.53. The van der Waals surface area contributed by atoms with Crippen LogP contribution >= 0.6 is 0 Å². The lowest BCUT2D eigenvalue weighted by atomic mass is 10.0. The number of nitrogens with two attached hydrogens (primary N) is 1. The van der Waals surface area contributed by atoms with Crippen LogP contribution in [0.25, 0.3) is 0 Å². The highest BCUT2D eigenvalue weighted by Gasteiger charge is 2.33. The second kappa shape index (κ2) is 5.07. The number of amides is 3. The molecule has 0 aromatic rings. The van der Waals surface area contributed by atoms with Gasteiger partial charge in [0.15, 0.2) is 0 Å². The van der Waals surface area contributed by atoms with E-state index in [0.29, 0.717) is 12.8 Å². The van der Waals surface area contributed by atoms with Crippen LogP contribution in [0.5, 0.6) is 0 Å². The number of nitrogens with zero attached hydrogens (tertiary/aromatic N) is 1. The number of carbonyl (C=O) groups excluding carboxylic acids is 3. The third kappa shape index (κ3) is 2.57. The highest BCUT2D eigenvalue weighted by Crippen LogP contribution is 2.11. The maximum atomic E-state index is 11.6. The van der Waals surface area contributed by atoms with Gasteiger partial charge in [-0.15, -0.1) is 0 Å². The van der Waals surface area contributed by atoms with E-state index in [4.69, 9.17) is 5.73 Å². The smallest absolute Gasteiger partial charge is 0.251 e. The van der Waals surface area contributed by atoms with E-state index in [1.165, 1.54) is 7.05 Å². The molecule has 1 saturated heterocycles. The number of carbonyl (C=O) groups is 3. The number of rotatable bonds is 3. The largest absolute Gasteiger partial charge is 0.343 e. The van der Waals surface area contributed by atoms with Gasteiger partial charge in [-0.05, 0) is 12.8 Å². The fourth-order valence-electron chi connectivity index (χ4n) is 1.51. The summed E-state index contributed by atoms with van der Waals surface area (Å²) in [5.41, 5.74) is 5.54. The topological polar surface area (TPSA) is 92.5 Å². The first-order valence-corrected chi connectivity index (χ1v) is 5.33. The molecule has 1 aliphatic rings. The van der Waals surface area contributed by atoms with Crippen molar-refractivity contribution in [3.05, 3.63) is 0 Å². The van der Waals surface area contributed by atoms with E-state index in [0.717, 1.165) is 4.90 Å². The quantitative estimate of drug-likeness (QED) is 0.604. The van der Waals surface area contributed by atoms with Crippen molar-refractivity contribution in [2.75, 3.05) is 7.05 Å². The van der Waals surface area contributed by atoms with E-state index < -0.39 is 12.1 Å². The Morgan fingerprint density at radius 3 is 2.81 bits per heavy atom. The number of likely N-dealkylation sites (N-methyl/N-ethyl adjacent to an activating group) is 1. The van der Waals surface area contributed by atoms with Crippen molar-refractivity contribution in [2.45, 2.75) is 38.3 Å². The van der Waals surface area contributed by atoms with E-state index in [1.54, 1.807) is 6.92 Å². The van der Waals surface area contributed by atoms with Crippen LogP contribution in [0.1, 0.15) is 26.2 Å². The number of nitrogens with one attached hydrogen (secondary N) is 1. The lowest BCUT2D eigenvalue weighted by molar-refractivity contribution is -0.149. The summed E-state index contributed by atoms with van der Waals surface area (Å²) in [4.78, 5) is 35.4. The molecule has 0 radical (unpaired) electrons. The molecule has 1 rings (SSSR count). The average molecular weight is 227 g/mol. The first kappa shape index (κ1) is 12.6. The minimum absolute atomic E-state index is 0.213. The molecule has 0 aliphatic carbocycles. The van der Waals surface area contributed by atoms with Crippen LogP contribution in [0.2, 0.25) is 0 Å². The summed E-state index contributed by atoms with van der Waals surface area (Å²) in [7, 11) is 1.42. The lowest BCUT2D eigenvalue weighted by Crippen LogP contribution is -2.55. The molecule has 0 spiro atoms. The van der Waals surface area contributed by atoms with Crippen molar-refractivity contribution in [3.8, 4) is 0 Å². The highest BCUT2D eigenvalue weighted by molar-refractivity contribution is 6.01. The van der Waals surface area contributed by atoms with Crippen LogP contribution in [0, 0.1) is 0 Å². The number of piperidine rings is 1. The summed E-state index contributed by atoms with van der Waals surface area (Å²) in [5, 5.41) is 2.56. The molecule has 16 heavy (non-hydrogen) atoms. The van der Waals surface area contributed by atoms with Gasteiger partial charge in [0.2, 0.25) is 11.8 Å². The Kier molecular flexibility index (Phi) is 4.00. The van der Waals surface area contributed by atoms with Gasteiger partial charge in [-0.3, -0.25) is 19.3 Å². The fraction of sp³-hybridized carbons (Fsp3) is 0.700. The normalized spacial score (nSPS) is 23.2. The summed E-state index contributed by atoms with van der Waals surface area (Å²) in [6.07, 6.45) is 1.14. The first-order chi connectivity index (χ1) is 7.47. The van der Waals surface area contributed by atoms with Gasteiger partial charge in [0.1, 0.15) is 6.04 Å². The first-order valence-electron chi connectivity index (χ1n) is 5.33. The molecule has 1 unspecified atom stereocenters. The zero-order chi connectivity index (χ0) is 12.3. The average Bonchev–Trinajstić information content (AvgIpc) is 2.28. The van der Waals surface area contributed by atoms with E-state index in [2.05, 4.69) is 5.32 Å². The molecule has 1 fully saturated rings. The van der Waals surface area contributed by atoms with E-state index >= 15 is 0 Å². The zero-order valence-corrected chi connectivity index (χ0v) is 9.53. The molecule has 2 atom stereocenters. The van der Waals surface area contributed by atoms with Gasteiger partial charge in [0.05, 0.1) is 6.04 Å². The molecular formula is C10H17N3O3. The lowest BCUT2D eigenvalue weighted by Gasteiger charge is -2.28. The maximum absolute atomic E-state index is 11.6. The molecule has 6 heteroatoms. The van der Waals surface area contributed by atoms with Gasteiger partial charge >= 0.3 is 0 Å². The van der Waals surface area contributed by atoms with Gasteiger partial charge in [0.25, 0.3) is 5.91 Å². The molecule has 3 N–H and O–H groups in total. The van der Waals surface area contributed by atoms with Gasteiger partial charge < -0.3 is 11.1 Å². The summed E-state index contributed by atoms with van der Waals surface area (Å²) in [6, 6.07) is -1.22. The van der Waals surface area contributed by atoms with Gasteiger partial charge in [-0.25, -0.2) is 0 Å². The Morgan fingerprint density at radius 1 is 1.62 bits per heavy atom. The SMILES string of the molecule is CC[C@H](N)C(=O)NC1CCC(=O)N(C)C1=O. The Bertz CT molecular complexity index is 316. The van der Waals surface area contributed by atoms with E-state index in [9.17, 15) is 14.4 Å². The molecule has 1 aliphatic heterocycles. The van der Waals surface area contributed by atoms with Crippen molar-refractivity contribution in [2.24, 2.45) is 5.73 Å². The molecule has 6 nitrogen and oxygen atoms in total. The fourth-order valence-corrected chi connectivity index (χ4v) is 1.51. The van der Waals surface area contributed by atoms with Crippen LogP contribution in [-0.4, -0.2) is 41.8 Å². The van der Waals surface area contributed by atoms with Crippen LogP contribution in [0.3, 0.4) is 0 Å². The predicted octanol–water partition coefficient (Wildman–Crippen LogP) is -1.01. The summed E-state index contributed by atoms with van der Waals surface area (Å²) >= 11 is 0. The number of imide groups is 1. The molecule has 0 bridgehead atoms. The van der Waals surface area contributed by atoms with Gasteiger partial charge in [-0.1, -0.05) is 6.92 Å². The number of hydrogen-bond donors (Lipinski definition) is 2. The minimum Gasteiger partial charge on any atom is -0.343 e. The monoisotopic (exact) mass is 227 g/mol. The van der Waals surface area contributed by atoms with Crippen molar-refractivity contribution in [1.29, 1.82) is 0 Å². The molecule has 3 amide bonds. The van der Waals surface area contributed by atoms with Crippen molar-refractivity contribution < 1.29 is 14.4 Å². The number of hydrogen-bond acceptors (Lipinski definition) is 4. The van der Waals surface area contributed by atoms with Gasteiger partial charge in [0, 0.05) is 13.5 Å². The Balaban J connectivity index is 2.59. The van der Waals surface area contributed by atoms with Crippen LogP contribution in [0.15, 0.2) is 0 Å². The standard InChI is InChI=1S/C10H17N3O3/c1-3-6(11)9(15)12-7-4-5-8(14)13(2)10(7)16/h6-7H,3-5,11H2,1-2H3,(H,12,15)/t6-,7?/m0/s1. The Labute approximate surface area is 94.2 Å². The van der Waals surface area contributed by atoms with Crippen LogP contribution < -0.4 is 11.1 Å². The Morgan fingerprint density at radius 2 is 2.25 bits per heavy atom. The molecule has 0 aromatic carbocycles. The maximum Gasteiger partial charge on any atom is 0.251 e. The van der Waals surface area contributed by atoms with Gasteiger partial charge in [-0.2, -0.15) is 0 Å². The highest BCUT2D eigenvalue weighted by atomic mass is 16.2. The molecule has 0 aromatic heterocycles. The van der Waals surface area contributed by atoms with Crippen molar-refractivity contribution in [1.82, 2.24) is 10.2 Å².